The van der Waals surface area contributed by atoms with Gasteiger partial charge in [-0.15, -0.1) is 0 Å². The lowest BCUT2D eigenvalue weighted by Crippen LogP contribution is -2.52. The predicted molar refractivity (Wildman–Crippen MR) is 105 cm³/mol. The Hall–Kier alpha value is -2.70. The number of ether oxygens (including phenoxy) is 1. The molecule has 3 rings (SSSR count). The van der Waals surface area contributed by atoms with Crippen molar-refractivity contribution < 1.29 is 14.3 Å². The van der Waals surface area contributed by atoms with Gasteiger partial charge in [0, 0.05) is 49.7 Å². The van der Waals surface area contributed by atoms with Crippen molar-refractivity contribution in [2.24, 2.45) is 0 Å². The Morgan fingerprint density at radius 1 is 1.37 bits per heavy atom. The summed E-state index contributed by atoms with van der Waals surface area (Å²) in [6.07, 6.45) is 1.84. The van der Waals surface area contributed by atoms with Gasteiger partial charge in [0.2, 0.25) is 5.91 Å². The molecule has 146 valence electrons. The number of amides is 3. The lowest BCUT2D eigenvalue weighted by atomic mass is 10.0. The van der Waals surface area contributed by atoms with Crippen LogP contribution in [0.15, 0.2) is 18.2 Å². The van der Waals surface area contributed by atoms with Crippen LogP contribution in [0, 0.1) is 6.92 Å². The molecule has 1 fully saturated rings. The van der Waals surface area contributed by atoms with E-state index in [9.17, 15) is 9.59 Å². The van der Waals surface area contributed by atoms with Crippen molar-refractivity contribution in [2.45, 2.75) is 39.3 Å². The summed E-state index contributed by atoms with van der Waals surface area (Å²) in [4.78, 5) is 31.0. The summed E-state index contributed by atoms with van der Waals surface area (Å²) >= 11 is 0. The third-order valence-corrected chi connectivity index (χ3v) is 5.33. The lowest BCUT2D eigenvalue weighted by Gasteiger charge is -2.37. The van der Waals surface area contributed by atoms with Crippen molar-refractivity contribution >= 4 is 22.8 Å². The number of nitrogens with one attached hydrogen (secondary N) is 2. The number of hydrogen-bond acceptors (Lipinski definition) is 3. The summed E-state index contributed by atoms with van der Waals surface area (Å²) in [5.41, 5.74) is 3.00. The second kappa shape index (κ2) is 7.90. The summed E-state index contributed by atoms with van der Waals surface area (Å²) < 4.78 is 5.36. The molecule has 7 heteroatoms. The standard InChI is InChI=1S/C20H28N4O3/c1-13-8-15-9-16(22-18(15)10-19(13)27-4)11-21-20(26)23(3)17-6-5-7-24(12-17)14(2)25/h8-10,17,22H,5-7,11-12H2,1-4H3,(H,21,26)/t17-/m1/s1. The maximum absolute atomic E-state index is 12.5. The van der Waals surface area contributed by atoms with E-state index in [0.29, 0.717) is 13.1 Å². The van der Waals surface area contributed by atoms with Gasteiger partial charge in [-0.2, -0.15) is 0 Å². The topological polar surface area (TPSA) is 77.7 Å². The maximum atomic E-state index is 12.5. The molecule has 27 heavy (non-hydrogen) atoms. The van der Waals surface area contributed by atoms with Crippen molar-refractivity contribution in [3.05, 3.63) is 29.5 Å². The van der Waals surface area contributed by atoms with Crippen LogP contribution in [-0.4, -0.2) is 60.0 Å². The van der Waals surface area contributed by atoms with Gasteiger partial charge in [0.25, 0.3) is 0 Å². The van der Waals surface area contributed by atoms with Crippen molar-refractivity contribution in [1.29, 1.82) is 0 Å². The van der Waals surface area contributed by atoms with Crippen LogP contribution in [0.4, 0.5) is 4.79 Å². The first-order valence-corrected chi connectivity index (χ1v) is 9.31. The zero-order valence-corrected chi connectivity index (χ0v) is 16.5. The van der Waals surface area contributed by atoms with Crippen molar-refractivity contribution in [3.63, 3.8) is 0 Å². The average Bonchev–Trinajstić information content (AvgIpc) is 3.06. The average molecular weight is 372 g/mol. The Bertz CT molecular complexity index is 845. The normalized spacial score (nSPS) is 17.0. The van der Waals surface area contributed by atoms with Crippen LogP contribution in [0.2, 0.25) is 0 Å². The molecule has 2 heterocycles. The van der Waals surface area contributed by atoms with Gasteiger partial charge in [0.1, 0.15) is 5.75 Å². The summed E-state index contributed by atoms with van der Waals surface area (Å²) in [6.45, 7) is 5.39. The van der Waals surface area contributed by atoms with Crippen molar-refractivity contribution in [3.8, 4) is 5.75 Å². The molecule has 0 saturated carbocycles. The van der Waals surface area contributed by atoms with Crippen LogP contribution >= 0.6 is 0 Å². The molecule has 1 aliphatic rings. The SMILES string of the molecule is COc1cc2[nH]c(CNC(=O)N(C)[C@@H]3CCCN(C(C)=O)C3)cc2cc1C. The van der Waals surface area contributed by atoms with E-state index in [1.54, 1.807) is 26.0 Å². The number of carbonyl (C=O) groups is 2. The number of aromatic amines is 1. The molecule has 1 aromatic carbocycles. The fraction of sp³-hybridized carbons (Fsp3) is 0.500. The largest absolute Gasteiger partial charge is 0.496 e. The number of urea groups is 1. The van der Waals surface area contributed by atoms with E-state index in [0.717, 1.165) is 47.3 Å². The van der Waals surface area contributed by atoms with E-state index in [1.807, 2.05) is 24.0 Å². The second-order valence-corrected chi connectivity index (χ2v) is 7.23. The molecular weight excluding hydrogens is 344 g/mol. The van der Waals surface area contributed by atoms with Gasteiger partial charge in [0.15, 0.2) is 0 Å². The highest BCUT2D eigenvalue weighted by Crippen LogP contribution is 2.25. The number of rotatable bonds is 4. The van der Waals surface area contributed by atoms with Gasteiger partial charge in [-0.05, 0) is 37.5 Å². The number of piperidine rings is 1. The molecule has 0 aliphatic carbocycles. The highest BCUT2D eigenvalue weighted by Gasteiger charge is 2.27. The molecular formula is C20H28N4O3. The quantitative estimate of drug-likeness (QED) is 0.866. The molecule has 1 saturated heterocycles. The monoisotopic (exact) mass is 372 g/mol. The number of likely N-dealkylation sites (N-methyl/N-ethyl adjacent to an activating group) is 1. The van der Waals surface area contributed by atoms with Gasteiger partial charge in [-0.1, -0.05) is 0 Å². The minimum Gasteiger partial charge on any atom is -0.496 e. The fourth-order valence-electron chi connectivity index (χ4n) is 3.67. The van der Waals surface area contributed by atoms with E-state index >= 15 is 0 Å². The van der Waals surface area contributed by atoms with Crippen LogP contribution in [-0.2, 0) is 11.3 Å². The number of benzene rings is 1. The molecule has 1 aromatic heterocycles. The van der Waals surface area contributed by atoms with Crippen LogP contribution < -0.4 is 10.1 Å². The summed E-state index contributed by atoms with van der Waals surface area (Å²) in [5.74, 6) is 0.907. The third-order valence-electron chi connectivity index (χ3n) is 5.33. The van der Waals surface area contributed by atoms with E-state index in [1.165, 1.54) is 0 Å². The number of carbonyl (C=O) groups excluding carboxylic acids is 2. The highest BCUT2D eigenvalue weighted by atomic mass is 16.5. The van der Waals surface area contributed by atoms with Gasteiger partial charge in [-0.25, -0.2) is 4.79 Å². The number of methoxy groups -OCH3 is 1. The van der Waals surface area contributed by atoms with Gasteiger partial charge in [-0.3, -0.25) is 4.79 Å². The molecule has 0 bridgehead atoms. The second-order valence-electron chi connectivity index (χ2n) is 7.23. The van der Waals surface area contributed by atoms with E-state index in [2.05, 4.69) is 16.4 Å². The Morgan fingerprint density at radius 2 is 2.15 bits per heavy atom. The number of nitrogens with zero attached hydrogens (tertiary/aromatic N) is 2. The lowest BCUT2D eigenvalue weighted by molar-refractivity contribution is -0.130. The number of fused-ring (bicyclic) bond motifs is 1. The summed E-state index contributed by atoms with van der Waals surface area (Å²) in [5, 5.41) is 4.06. The number of H-pyrrole nitrogens is 1. The number of hydrogen-bond donors (Lipinski definition) is 2. The minimum atomic E-state index is -0.127. The third kappa shape index (κ3) is 4.18. The number of likely N-dealkylation sites (tertiary alicyclic amines) is 1. The Morgan fingerprint density at radius 3 is 2.85 bits per heavy atom. The van der Waals surface area contributed by atoms with E-state index < -0.39 is 0 Å². The molecule has 3 amide bonds. The van der Waals surface area contributed by atoms with Crippen molar-refractivity contribution in [2.75, 3.05) is 27.2 Å². The number of aromatic nitrogens is 1. The first-order valence-electron chi connectivity index (χ1n) is 9.31. The van der Waals surface area contributed by atoms with E-state index in [4.69, 9.17) is 4.74 Å². The minimum absolute atomic E-state index is 0.0530. The highest BCUT2D eigenvalue weighted by molar-refractivity contribution is 5.83. The number of aryl methyl sites for hydroxylation is 1. The smallest absolute Gasteiger partial charge is 0.317 e. The molecule has 1 aliphatic heterocycles. The molecule has 0 radical (unpaired) electrons. The molecule has 2 N–H and O–H groups in total. The van der Waals surface area contributed by atoms with Gasteiger partial charge < -0.3 is 24.8 Å². The predicted octanol–water partition coefficient (Wildman–Crippen LogP) is 2.64. The molecule has 1 atom stereocenters. The molecule has 2 aromatic rings. The van der Waals surface area contributed by atoms with Crippen molar-refractivity contribution in [1.82, 2.24) is 20.1 Å². The first kappa shape index (κ1) is 19.1. The molecule has 7 nitrogen and oxygen atoms in total. The van der Waals surface area contributed by atoms with E-state index in [-0.39, 0.29) is 18.0 Å². The summed E-state index contributed by atoms with van der Waals surface area (Å²) in [7, 11) is 3.45. The Balaban J connectivity index is 1.61. The zero-order valence-electron chi connectivity index (χ0n) is 16.5. The van der Waals surface area contributed by atoms with Crippen LogP contribution in [0.5, 0.6) is 5.75 Å². The first-order chi connectivity index (χ1) is 12.9. The van der Waals surface area contributed by atoms with Crippen LogP contribution in [0.3, 0.4) is 0 Å². The maximum Gasteiger partial charge on any atom is 0.317 e. The van der Waals surface area contributed by atoms with Crippen LogP contribution in [0.25, 0.3) is 10.9 Å². The van der Waals surface area contributed by atoms with Gasteiger partial charge in [0.05, 0.1) is 19.7 Å². The Labute approximate surface area is 159 Å². The fourth-order valence-corrected chi connectivity index (χ4v) is 3.67. The Kier molecular flexibility index (Phi) is 5.58. The molecule has 0 unspecified atom stereocenters. The summed E-state index contributed by atoms with van der Waals surface area (Å²) in [6, 6.07) is 6.01. The van der Waals surface area contributed by atoms with Gasteiger partial charge >= 0.3 is 6.03 Å². The zero-order chi connectivity index (χ0) is 19.6. The molecule has 0 spiro atoms. The van der Waals surface area contributed by atoms with Crippen LogP contribution in [0.1, 0.15) is 31.0 Å².